The molecule has 0 bridgehead atoms. The second kappa shape index (κ2) is 4.06. The number of hydrogen-bond donors (Lipinski definition) is 2. The summed E-state index contributed by atoms with van der Waals surface area (Å²) >= 11 is 3.39. The van der Waals surface area contributed by atoms with Crippen LogP contribution in [0.5, 0.6) is 0 Å². The molecule has 0 aliphatic rings. The standard InChI is InChI=1S/C11H10BrNO2/c12-8-2-1-7-5-9(3-4-11(14)15)13-10(7)6-8/h1-2,5-6,13H,3-4H2,(H,14,15). The predicted octanol–water partition coefficient (Wildman–Crippen LogP) is 2.95. The number of rotatable bonds is 3. The zero-order chi connectivity index (χ0) is 10.8. The minimum Gasteiger partial charge on any atom is -0.481 e. The number of aryl methyl sites for hydroxylation is 1. The van der Waals surface area contributed by atoms with E-state index >= 15 is 0 Å². The van der Waals surface area contributed by atoms with Crippen LogP contribution >= 0.6 is 15.9 Å². The molecule has 2 rings (SSSR count). The molecule has 1 heterocycles. The highest BCUT2D eigenvalue weighted by Crippen LogP contribution is 2.20. The number of halogens is 1. The lowest BCUT2D eigenvalue weighted by molar-refractivity contribution is -0.136. The van der Waals surface area contributed by atoms with Gasteiger partial charge in [0, 0.05) is 15.7 Å². The van der Waals surface area contributed by atoms with Crippen molar-refractivity contribution in [1.82, 2.24) is 4.98 Å². The summed E-state index contributed by atoms with van der Waals surface area (Å²) in [5.41, 5.74) is 2.00. The average molecular weight is 268 g/mol. The van der Waals surface area contributed by atoms with Crippen LogP contribution in [0.25, 0.3) is 10.9 Å². The maximum absolute atomic E-state index is 10.4. The van der Waals surface area contributed by atoms with Crippen molar-refractivity contribution in [2.75, 3.05) is 0 Å². The summed E-state index contributed by atoms with van der Waals surface area (Å²) in [6, 6.07) is 7.95. The summed E-state index contributed by atoms with van der Waals surface area (Å²) < 4.78 is 1.02. The van der Waals surface area contributed by atoms with Crippen LogP contribution in [0.15, 0.2) is 28.7 Å². The first-order valence-corrected chi connectivity index (χ1v) is 5.43. The van der Waals surface area contributed by atoms with Gasteiger partial charge in [-0.3, -0.25) is 4.79 Å². The Balaban J connectivity index is 2.27. The highest BCUT2D eigenvalue weighted by molar-refractivity contribution is 9.10. The van der Waals surface area contributed by atoms with Crippen LogP contribution in [0.3, 0.4) is 0 Å². The van der Waals surface area contributed by atoms with Crippen LogP contribution in [0, 0.1) is 0 Å². The van der Waals surface area contributed by atoms with Gasteiger partial charge in [0.1, 0.15) is 0 Å². The summed E-state index contributed by atoms with van der Waals surface area (Å²) in [6.07, 6.45) is 0.704. The highest BCUT2D eigenvalue weighted by atomic mass is 79.9. The molecule has 0 saturated carbocycles. The van der Waals surface area contributed by atoms with Gasteiger partial charge in [-0.1, -0.05) is 22.0 Å². The number of aliphatic carboxylic acids is 1. The zero-order valence-electron chi connectivity index (χ0n) is 7.96. The van der Waals surface area contributed by atoms with Gasteiger partial charge in [0.2, 0.25) is 0 Å². The molecule has 15 heavy (non-hydrogen) atoms. The lowest BCUT2D eigenvalue weighted by Crippen LogP contribution is -1.97. The summed E-state index contributed by atoms with van der Waals surface area (Å²) in [6.45, 7) is 0. The second-order valence-electron chi connectivity index (χ2n) is 3.42. The van der Waals surface area contributed by atoms with E-state index in [-0.39, 0.29) is 6.42 Å². The molecule has 1 aromatic heterocycles. The van der Waals surface area contributed by atoms with E-state index in [0.717, 1.165) is 21.1 Å². The first kappa shape index (κ1) is 10.2. The molecule has 0 radical (unpaired) electrons. The van der Waals surface area contributed by atoms with Crippen molar-refractivity contribution in [3.05, 3.63) is 34.4 Å². The molecule has 78 valence electrons. The fourth-order valence-electron chi connectivity index (χ4n) is 1.54. The normalized spacial score (nSPS) is 10.7. The van der Waals surface area contributed by atoms with Gasteiger partial charge in [-0.2, -0.15) is 0 Å². The molecule has 2 aromatic rings. The Hall–Kier alpha value is -1.29. The Morgan fingerprint density at radius 1 is 1.40 bits per heavy atom. The van der Waals surface area contributed by atoms with Crippen molar-refractivity contribution >= 4 is 32.8 Å². The van der Waals surface area contributed by atoms with E-state index in [1.807, 2.05) is 24.3 Å². The zero-order valence-corrected chi connectivity index (χ0v) is 9.54. The Labute approximate surface area is 95.2 Å². The van der Waals surface area contributed by atoms with E-state index in [1.165, 1.54) is 0 Å². The summed E-state index contributed by atoms with van der Waals surface area (Å²) in [5, 5.41) is 9.68. The lowest BCUT2D eigenvalue weighted by Gasteiger charge is -1.92. The van der Waals surface area contributed by atoms with Gasteiger partial charge < -0.3 is 10.1 Å². The summed E-state index contributed by atoms with van der Waals surface area (Å²) in [4.78, 5) is 13.6. The van der Waals surface area contributed by atoms with Crippen LogP contribution in [0.1, 0.15) is 12.1 Å². The fourth-order valence-corrected chi connectivity index (χ4v) is 1.90. The maximum Gasteiger partial charge on any atom is 0.303 e. The second-order valence-corrected chi connectivity index (χ2v) is 4.34. The van der Waals surface area contributed by atoms with E-state index in [9.17, 15) is 4.79 Å². The van der Waals surface area contributed by atoms with Gasteiger partial charge in [0.25, 0.3) is 0 Å². The molecular formula is C11H10BrNO2. The van der Waals surface area contributed by atoms with Crippen LogP contribution in [-0.4, -0.2) is 16.1 Å². The topological polar surface area (TPSA) is 53.1 Å². The van der Waals surface area contributed by atoms with Crippen molar-refractivity contribution in [1.29, 1.82) is 0 Å². The monoisotopic (exact) mass is 267 g/mol. The minimum absolute atomic E-state index is 0.161. The van der Waals surface area contributed by atoms with Gasteiger partial charge >= 0.3 is 5.97 Å². The van der Waals surface area contributed by atoms with Crippen LogP contribution < -0.4 is 0 Å². The van der Waals surface area contributed by atoms with Gasteiger partial charge in [-0.05, 0) is 30.0 Å². The molecule has 0 saturated heterocycles. The third-order valence-corrected chi connectivity index (χ3v) is 2.74. The number of aromatic amines is 1. The van der Waals surface area contributed by atoms with E-state index < -0.39 is 5.97 Å². The molecule has 1 aromatic carbocycles. The van der Waals surface area contributed by atoms with Crippen LogP contribution in [0.4, 0.5) is 0 Å². The molecule has 3 nitrogen and oxygen atoms in total. The Morgan fingerprint density at radius 3 is 2.93 bits per heavy atom. The smallest absolute Gasteiger partial charge is 0.303 e. The molecule has 0 fully saturated rings. The molecule has 4 heteroatoms. The molecule has 0 unspecified atom stereocenters. The van der Waals surface area contributed by atoms with Crippen molar-refractivity contribution in [3.63, 3.8) is 0 Å². The number of aromatic nitrogens is 1. The van der Waals surface area contributed by atoms with Crippen LogP contribution in [-0.2, 0) is 11.2 Å². The molecule has 0 atom stereocenters. The molecule has 0 aliphatic carbocycles. The van der Waals surface area contributed by atoms with Gasteiger partial charge in [-0.25, -0.2) is 0 Å². The van der Waals surface area contributed by atoms with E-state index in [2.05, 4.69) is 20.9 Å². The first-order valence-electron chi connectivity index (χ1n) is 4.64. The quantitative estimate of drug-likeness (QED) is 0.899. The minimum atomic E-state index is -0.769. The third kappa shape index (κ3) is 2.39. The van der Waals surface area contributed by atoms with Crippen molar-refractivity contribution in [2.24, 2.45) is 0 Å². The van der Waals surface area contributed by atoms with Crippen molar-refractivity contribution in [2.45, 2.75) is 12.8 Å². The lowest BCUT2D eigenvalue weighted by atomic mass is 10.2. The van der Waals surface area contributed by atoms with Gasteiger partial charge in [-0.15, -0.1) is 0 Å². The number of nitrogens with one attached hydrogen (secondary N) is 1. The number of benzene rings is 1. The molecule has 2 N–H and O–H groups in total. The highest BCUT2D eigenvalue weighted by Gasteiger charge is 2.03. The van der Waals surface area contributed by atoms with Crippen molar-refractivity contribution in [3.8, 4) is 0 Å². The largest absolute Gasteiger partial charge is 0.481 e. The SMILES string of the molecule is O=C(O)CCc1cc2ccc(Br)cc2[nH]1. The number of carboxylic acid groups (broad SMARTS) is 1. The number of fused-ring (bicyclic) bond motifs is 1. The van der Waals surface area contributed by atoms with Gasteiger partial charge in [0.05, 0.1) is 6.42 Å². The Bertz CT molecular complexity index is 504. The summed E-state index contributed by atoms with van der Waals surface area (Å²) in [7, 11) is 0. The molecule has 0 spiro atoms. The Kier molecular flexibility index (Phi) is 2.77. The third-order valence-electron chi connectivity index (χ3n) is 2.25. The first-order chi connectivity index (χ1) is 7.15. The molecule has 0 aliphatic heterocycles. The number of H-pyrrole nitrogens is 1. The fraction of sp³-hybridized carbons (Fsp3) is 0.182. The molecular weight excluding hydrogens is 258 g/mol. The number of carboxylic acids is 1. The van der Waals surface area contributed by atoms with Crippen LogP contribution in [0.2, 0.25) is 0 Å². The number of hydrogen-bond acceptors (Lipinski definition) is 1. The van der Waals surface area contributed by atoms with Gasteiger partial charge in [0.15, 0.2) is 0 Å². The average Bonchev–Trinajstić information content (AvgIpc) is 2.56. The van der Waals surface area contributed by atoms with E-state index in [4.69, 9.17) is 5.11 Å². The predicted molar refractivity (Wildman–Crippen MR) is 62.0 cm³/mol. The van der Waals surface area contributed by atoms with E-state index in [1.54, 1.807) is 0 Å². The maximum atomic E-state index is 10.4. The van der Waals surface area contributed by atoms with Crippen molar-refractivity contribution < 1.29 is 9.90 Å². The number of carbonyl (C=O) groups is 1. The Morgan fingerprint density at radius 2 is 2.20 bits per heavy atom. The molecule has 0 amide bonds. The summed E-state index contributed by atoms with van der Waals surface area (Å²) in [5.74, 6) is -0.769. The van der Waals surface area contributed by atoms with E-state index in [0.29, 0.717) is 6.42 Å².